The number of hydrogen-bond donors (Lipinski definition) is 2. The van der Waals surface area contributed by atoms with Gasteiger partial charge in [0.1, 0.15) is 23.8 Å². The number of hydrogen-bond acceptors (Lipinski definition) is 5. The SMILES string of the molecule is O=C1C(Nc2cc(Cl)c(F)c(Cl)c2)CCCN1[C@@H]1CCCN(c2ncnc3[nH]ccc23)C1. The van der Waals surface area contributed by atoms with Crippen LogP contribution in [-0.4, -0.2) is 57.5 Å². The first-order valence-corrected chi connectivity index (χ1v) is 11.5. The summed E-state index contributed by atoms with van der Waals surface area (Å²) in [5, 5.41) is 4.06. The van der Waals surface area contributed by atoms with E-state index in [0.717, 1.165) is 55.7 Å². The van der Waals surface area contributed by atoms with Crippen molar-refractivity contribution in [1.82, 2.24) is 19.9 Å². The summed E-state index contributed by atoms with van der Waals surface area (Å²) >= 11 is 11.8. The molecule has 1 amide bonds. The van der Waals surface area contributed by atoms with E-state index in [9.17, 15) is 9.18 Å². The Kier molecular flexibility index (Phi) is 5.82. The number of fused-ring (bicyclic) bond motifs is 1. The normalized spacial score (nSPS) is 21.9. The van der Waals surface area contributed by atoms with Gasteiger partial charge in [-0.3, -0.25) is 4.79 Å². The van der Waals surface area contributed by atoms with E-state index in [2.05, 4.69) is 25.2 Å². The van der Waals surface area contributed by atoms with Gasteiger partial charge in [-0.25, -0.2) is 14.4 Å². The number of likely N-dealkylation sites (tertiary alicyclic amines) is 1. The Balaban J connectivity index is 1.32. The summed E-state index contributed by atoms with van der Waals surface area (Å²) in [5.74, 6) is 0.295. The van der Waals surface area contributed by atoms with Crippen molar-refractivity contribution in [1.29, 1.82) is 0 Å². The smallest absolute Gasteiger partial charge is 0.245 e. The van der Waals surface area contributed by atoms with E-state index in [-0.39, 0.29) is 22.0 Å². The van der Waals surface area contributed by atoms with Crippen LogP contribution in [0.4, 0.5) is 15.9 Å². The van der Waals surface area contributed by atoms with Crippen molar-refractivity contribution in [2.24, 2.45) is 0 Å². The van der Waals surface area contributed by atoms with Crippen molar-refractivity contribution in [2.45, 2.75) is 37.8 Å². The number of piperidine rings is 2. The number of halogens is 3. The van der Waals surface area contributed by atoms with E-state index in [0.29, 0.717) is 12.1 Å². The van der Waals surface area contributed by atoms with Gasteiger partial charge in [0, 0.05) is 37.6 Å². The average molecular weight is 477 g/mol. The summed E-state index contributed by atoms with van der Waals surface area (Å²) < 4.78 is 13.7. The van der Waals surface area contributed by atoms with Crippen LogP contribution in [0.15, 0.2) is 30.7 Å². The average Bonchev–Trinajstić information content (AvgIpc) is 3.28. The molecule has 0 aliphatic carbocycles. The number of H-pyrrole nitrogens is 1. The molecule has 2 aromatic heterocycles. The number of nitrogens with one attached hydrogen (secondary N) is 2. The molecule has 1 aromatic carbocycles. The Hall–Kier alpha value is -2.58. The van der Waals surface area contributed by atoms with Gasteiger partial charge in [0.05, 0.1) is 15.4 Å². The molecule has 3 aromatic rings. The van der Waals surface area contributed by atoms with Crippen molar-refractivity contribution in [3.63, 3.8) is 0 Å². The molecule has 2 aliphatic rings. The molecule has 0 spiro atoms. The summed E-state index contributed by atoms with van der Waals surface area (Å²) in [7, 11) is 0. The zero-order valence-corrected chi connectivity index (χ0v) is 18.8. The van der Waals surface area contributed by atoms with E-state index in [4.69, 9.17) is 23.2 Å². The Labute approximate surface area is 194 Å². The molecule has 2 atom stereocenters. The maximum absolute atomic E-state index is 13.7. The molecule has 2 aliphatic heterocycles. The Morgan fingerprint density at radius 3 is 2.72 bits per heavy atom. The van der Waals surface area contributed by atoms with Gasteiger partial charge >= 0.3 is 0 Å². The second kappa shape index (κ2) is 8.75. The lowest BCUT2D eigenvalue weighted by molar-refractivity contribution is -0.137. The number of aromatic nitrogens is 3. The molecule has 10 heteroatoms. The molecule has 2 fully saturated rings. The zero-order valence-electron chi connectivity index (χ0n) is 17.3. The van der Waals surface area contributed by atoms with Gasteiger partial charge in [-0.15, -0.1) is 0 Å². The summed E-state index contributed by atoms with van der Waals surface area (Å²) in [6.45, 7) is 2.35. The minimum absolute atomic E-state index is 0.0501. The highest BCUT2D eigenvalue weighted by Crippen LogP contribution is 2.31. The van der Waals surface area contributed by atoms with Crippen LogP contribution in [0, 0.1) is 5.82 Å². The molecule has 1 unspecified atom stereocenters. The van der Waals surface area contributed by atoms with Crippen LogP contribution in [0.2, 0.25) is 10.0 Å². The topological polar surface area (TPSA) is 77.2 Å². The lowest BCUT2D eigenvalue weighted by atomic mass is 9.97. The van der Waals surface area contributed by atoms with E-state index in [1.165, 1.54) is 12.1 Å². The first-order chi connectivity index (χ1) is 15.5. The fourth-order valence-electron chi connectivity index (χ4n) is 4.75. The lowest BCUT2D eigenvalue weighted by Crippen LogP contribution is -2.56. The van der Waals surface area contributed by atoms with Crippen molar-refractivity contribution < 1.29 is 9.18 Å². The fourth-order valence-corrected chi connectivity index (χ4v) is 5.24. The van der Waals surface area contributed by atoms with Gasteiger partial charge in [-0.05, 0) is 43.9 Å². The minimum atomic E-state index is -0.654. The predicted octanol–water partition coefficient (Wildman–Crippen LogP) is 4.48. The number of aromatic amines is 1. The van der Waals surface area contributed by atoms with Crippen LogP contribution >= 0.6 is 23.2 Å². The molecule has 168 valence electrons. The maximum atomic E-state index is 13.7. The number of carbonyl (C=O) groups excluding carboxylic acids is 1. The van der Waals surface area contributed by atoms with Crippen LogP contribution in [0.25, 0.3) is 11.0 Å². The first-order valence-electron chi connectivity index (χ1n) is 10.8. The second-order valence-corrected chi connectivity index (χ2v) is 9.12. The van der Waals surface area contributed by atoms with Crippen LogP contribution in [0.1, 0.15) is 25.7 Å². The summed E-state index contributed by atoms with van der Waals surface area (Å²) in [6.07, 6.45) is 6.95. The third-order valence-corrected chi connectivity index (χ3v) is 6.82. The number of benzene rings is 1. The second-order valence-electron chi connectivity index (χ2n) is 8.30. The van der Waals surface area contributed by atoms with Gasteiger partial charge in [0.15, 0.2) is 5.82 Å². The molecule has 5 rings (SSSR count). The van der Waals surface area contributed by atoms with Gasteiger partial charge in [-0.2, -0.15) is 0 Å². The molecular weight excluding hydrogens is 454 g/mol. The molecular formula is C22H23Cl2FN6O. The summed E-state index contributed by atoms with van der Waals surface area (Å²) in [4.78, 5) is 29.5. The fraction of sp³-hybridized carbons (Fsp3) is 0.409. The van der Waals surface area contributed by atoms with Gasteiger partial charge < -0.3 is 20.1 Å². The van der Waals surface area contributed by atoms with E-state index < -0.39 is 11.9 Å². The molecule has 7 nitrogen and oxygen atoms in total. The lowest BCUT2D eigenvalue weighted by Gasteiger charge is -2.43. The van der Waals surface area contributed by atoms with Gasteiger partial charge in [0.2, 0.25) is 5.91 Å². The third-order valence-electron chi connectivity index (χ3n) is 6.27. The Morgan fingerprint density at radius 1 is 1.12 bits per heavy atom. The molecule has 4 heterocycles. The molecule has 0 saturated carbocycles. The van der Waals surface area contributed by atoms with Crippen LogP contribution in [0.5, 0.6) is 0 Å². The summed E-state index contributed by atoms with van der Waals surface area (Å²) in [6, 6.07) is 4.62. The number of amides is 1. The van der Waals surface area contributed by atoms with E-state index >= 15 is 0 Å². The third kappa shape index (κ3) is 3.97. The first kappa shape index (κ1) is 21.3. The minimum Gasteiger partial charge on any atom is -0.374 e. The van der Waals surface area contributed by atoms with Crippen LogP contribution in [-0.2, 0) is 4.79 Å². The number of anilines is 2. The van der Waals surface area contributed by atoms with Gasteiger partial charge in [-0.1, -0.05) is 23.2 Å². The number of nitrogens with zero attached hydrogens (tertiary/aromatic N) is 4. The molecule has 2 saturated heterocycles. The monoisotopic (exact) mass is 476 g/mol. The van der Waals surface area contributed by atoms with Crippen molar-refractivity contribution in [3.05, 3.63) is 46.6 Å². The van der Waals surface area contributed by atoms with Crippen LogP contribution < -0.4 is 10.2 Å². The van der Waals surface area contributed by atoms with Crippen molar-refractivity contribution >= 4 is 51.6 Å². The predicted molar refractivity (Wildman–Crippen MR) is 124 cm³/mol. The molecule has 32 heavy (non-hydrogen) atoms. The zero-order chi connectivity index (χ0) is 22.2. The van der Waals surface area contributed by atoms with Gasteiger partial charge in [0.25, 0.3) is 0 Å². The Morgan fingerprint density at radius 2 is 1.91 bits per heavy atom. The number of rotatable bonds is 4. The van der Waals surface area contributed by atoms with Crippen molar-refractivity contribution in [2.75, 3.05) is 29.9 Å². The Bertz CT molecular complexity index is 1130. The summed E-state index contributed by atoms with van der Waals surface area (Å²) in [5.41, 5.74) is 1.36. The highest BCUT2D eigenvalue weighted by Gasteiger charge is 2.36. The highest BCUT2D eigenvalue weighted by molar-refractivity contribution is 6.35. The largest absolute Gasteiger partial charge is 0.374 e. The molecule has 0 bridgehead atoms. The van der Waals surface area contributed by atoms with E-state index in [1.807, 2.05) is 17.2 Å². The standard InChI is InChI=1S/C22H23Cl2FN6O/c23-16-9-13(10-17(24)19(16)25)29-18-4-2-8-31(22(18)32)14-3-1-7-30(11-14)21-15-5-6-26-20(15)27-12-28-21/h5-6,9-10,12,14,18,29H,1-4,7-8,11H2,(H,26,27,28)/t14-,18?/m1/s1. The molecule has 2 N–H and O–H groups in total. The highest BCUT2D eigenvalue weighted by atomic mass is 35.5. The van der Waals surface area contributed by atoms with E-state index in [1.54, 1.807) is 6.33 Å². The quantitative estimate of drug-likeness (QED) is 0.543. The number of carbonyl (C=O) groups is 1. The van der Waals surface area contributed by atoms with Crippen LogP contribution in [0.3, 0.4) is 0 Å². The molecule has 0 radical (unpaired) electrons. The maximum Gasteiger partial charge on any atom is 0.245 e. The van der Waals surface area contributed by atoms with Crippen molar-refractivity contribution in [3.8, 4) is 0 Å².